The first-order valence-electron chi connectivity index (χ1n) is 12.9. The maximum absolute atomic E-state index is 13.5. The fourth-order valence-electron chi connectivity index (χ4n) is 8.03. The molecule has 192 valence electrons. The van der Waals surface area contributed by atoms with Gasteiger partial charge in [-0.2, -0.15) is 5.10 Å². The van der Waals surface area contributed by atoms with Crippen molar-refractivity contribution in [2.45, 2.75) is 57.0 Å². The number of carbonyl (C=O) groups excluding carboxylic acids is 1. The summed E-state index contributed by atoms with van der Waals surface area (Å²) in [5.74, 6) is 1.41. The van der Waals surface area contributed by atoms with E-state index < -0.39 is 0 Å². The predicted molar refractivity (Wildman–Crippen MR) is 137 cm³/mol. The summed E-state index contributed by atoms with van der Waals surface area (Å²) < 4.78 is 1.88. The lowest BCUT2D eigenvalue weighted by Gasteiger charge is -2.62. The molecule has 5 aliphatic rings. The standard InChI is InChI=1S/C26H31Cl2N5O3/c27-22-2-1-18(8-23(22)28)15-30-3-5-31(6-4-30)24(34)13-25-9-19-7-20(10-25)12-26(11-19,17-25)32-16-21(14-29-32)33(35)36/h1-2,8,14,16,19-20H,3-7,9-13,15,17H2. The van der Waals surface area contributed by atoms with Gasteiger partial charge in [0.2, 0.25) is 5.91 Å². The molecule has 7 rings (SSSR count). The average Bonchev–Trinajstić information content (AvgIpc) is 3.33. The van der Waals surface area contributed by atoms with E-state index in [4.69, 9.17) is 23.2 Å². The molecule has 1 amide bonds. The Balaban J connectivity index is 1.11. The van der Waals surface area contributed by atoms with Gasteiger partial charge in [-0.1, -0.05) is 29.3 Å². The molecule has 4 aliphatic carbocycles. The van der Waals surface area contributed by atoms with Crippen LogP contribution in [0, 0.1) is 27.4 Å². The van der Waals surface area contributed by atoms with Crippen LogP contribution in [0.25, 0.3) is 0 Å². The number of piperazine rings is 1. The zero-order valence-electron chi connectivity index (χ0n) is 20.2. The molecule has 0 spiro atoms. The van der Waals surface area contributed by atoms with Gasteiger partial charge in [0.15, 0.2) is 0 Å². The third-order valence-electron chi connectivity index (χ3n) is 9.06. The zero-order chi connectivity index (χ0) is 25.1. The van der Waals surface area contributed by atoms with Crippen molar-refractivity contribution in [2.24, 2.45) is 17.3 Å². The number of benzene rings is 1. The van der Waals surface area contributed by atoms with Gasteiger partial charge < -0.3 is 4.90 Å². The first-order chi connectivity index (χ1) is 17.2. The number of hydrogen-bond acceptors (Lipinski definition) is 5. The topological polar surface area (TPSA) is 84.5 Å². The zero-order valence-corrected chi connectivity index (χ0v) is 21.8. The van der Waals surface area contributed by atoms with Gasteiger partial charge in [0.05, 0.1) is 20.5 Å². The van der Waals surface area contributed by atoms with Crippen LogP contribution in [-0.2, 0) is 16.9 Å². The molecule has 4 bridgehead atoms. The minimum atomic E-state index is -0.371. The first-order valence-corrected chi connectivity index (χ1v) is 13.6. The number of amides is 1. The Hall–Kier alpha value is -2.16. The molecule has 1 aromatic heterocycles. The molecule has 2 unspecified atom stereocenters. The van der Waals surface area contributed by atoms with E-state index in [1.54, 1.807) is 6.20 Å². The molecule has 8 nitrogen and oxygen atoms in total. The highest BCUT2D eigenvalue weighted by molar-refractivity contribution is 6.42. The summed E-state index contributed by atoms with van der Waals surface area (Å²) >= 11 is 12.2. The van der Waals surface area contributed by atoms with Crippen LogP contribution in [0.15, 0.2) is 30.6 Å². The Labute approximate surface area is 220 Å². The molecule has 2 heterocycles. The molecule has 2 atom stereocenters. The van der Waals surface area contributed by atoms with Gasteiger partial charge in [0, 0.05) is 39.1 Å². The lowest BCUT2D eigenvalue weighted by Crippen LogP contribution is -2.58. The summed E-state index contributed by atoms with van der Waals surface area (Å²) in [7, 11) is 0. The van der Waals surface area contributed by atoms with Crippen LogP contribution in [0.4, 0.5) is 5.69 Å². The van der Waals surface area contributed by atoms with Crippen LogP contribution >= 0.6 is 23.2 Å². The predicted octanol–water partition coefficient (Wildman–Crippen LogP) is 5.13. The minimum Gasteiger partial charge on any atom is -0.340 e. The normalized spacial score (nSPS) is 31.7. The number of carbonyl (C=O) groups is 1. The number of halogens is 2. The number of nitrogens with zero attached hydrogens (tertiary/aromatic N) is 5. The monoisotopic (exact) mass is 531 g/mol. The van der Waals surface area contributed by atoms with Gasteiger partial charge in [0.25, 0.3) is 0 Å². The summed E-state index contributed by atoms with van der Waals surface area (Å²) in [6.45, 7) is 3.94. The molecule has 1 aliphatic heterocycles. The van der Waals surface area contributed by atoms with Gasteiger partial charge in [-0.25, -0.2) is 0 Å². The second-order valence-electron chi connectivity index (χ2n) is 11.7. The highest BCUT2D eigenvalue weighted by Crippen LogP contribution is 2.65. The molecule has 0 radical (unpaired) electrons. The Morgan fingerprint density at radius 2 is 1.81 bits per heavy atom. The van der Waals surface area contributed by atoms with E-state index in [0.717, 1.165) is 70.4 Å². The van der Waals surface area contributed by atoms with Crippen molar-refractivity contribution in [3.05, 3.63) is 56.3 Å². The molecular formula is C26H31Cl2N5O3. The Morgan fingerprint density at radius 3 is 2.44 bits per heavy atom. The molecule has 2 aromatic rings. The van der Waals surface area contributed by atoms with E-state index >= 15 is 0 Å². The van der Waals surface area contributed by atoms with Gasteiger partial charge in [-0.05, 0) is 73.5 Å². The SMILES string of the molecule is O=C(CC12CC3CC(C1)CC(n1cc([N+](=O)[O-])cn1)(C3)C2)N1CCN(Cc2ccc(Cl)c(Cl)c2)CC1. The largest absolute Gasteiger partial charge is 0.340 e. The van der Waals surface area contributed by atoms with Crippen molar-refractivity contribution < 1.29 is 9.72 Å². The van der Waals surface area contributed by atoms with Crippen molar-refractivity contribution in [1.82, 2.24) is 19.6 Å². The number of rotatable bonds is 6. The third-order valence-corrected chi connectivity index (χ3v) is 9.80. The summed E-state index contributed by atoms with van der Waals surface area (Å²) in [5.41, 5.74) is 0.979. The Bertz CT molecular complexity index is 1180. The smallest absolute Gasteiger partial charge is 0.307 e. The Morgan fingerprint density at radius 1 is 1.08 bits per heavy atom. The van der Waals surface area contributed by atoms with Crippen molar-refractivity contribution in [3.8, 4) is 0 Å². The van der Waals surface area contributed by atoms with E-state index in [0.29, 0.717) is 28.3 Å². The fourth-order valence-corrected chi connectivity index (χ4v) is 8.35. The van der Waals surface area contributed by atoms with E-state index in [9.17, 15) is 14.9 Å². The lowest BCUT2D eigenvalue weighted by atomic mass is 9.46. The number of nitro groups is 1. The van der Waals surface area contributed by atoms with Crippen LogP contribution in [0.5, 0.6) is 0 Å². The quantitative estimate of drug-likeness (QED) is 0.381. The third kappa shape index (κ3) is 4.41. The average molecular weight is 532 g/mol. The first kappa shape index (κ1) is 24.2. The Kier molecular flexibility index (Phi) is 6.04. The molecule has 4 saturated carbocycles. The van der Waals surface area contributed by atoms with Crippen LogP contribution in [0.2, 0.25) is 10.0 Å². The number of hydrogen-bond donors (Lipinski definition) is 0. The maximum atomic E-state index is 13.5. The summed E-state index contributed by atoms with van der Waals surface area (Å²) in [6.07, 6.45) is 9.90. The van der Waals surface area contributed by atoms with Crippen LogP contribution in [-0.4, -0.2) is 56.6 Å². The molecule has 10 heteroatoms. The van der Waals surface area contributed by atoms with E-state index in [2.05, 4.69) is 10.00 Å². The van der Waals surface area contributed by atoms with Crippen molar-refractivity contribution >= 4 is 34.8 Å². The van der Waals surface area contributed by atoms with E-state index in [1.807, 2.05) is 27.8 Å². The number of aromatic nitrogens is 2. The second kappa shape index (κ2) is 8.99. The summed E-state index contributed by atoms with van der Waals surface area (Å²) in [5, 5.41) is 16.8. The summed E-state index contributed by atoms with van der Waals surface area (Å²) in [6, 6.07) is 5.75. The van der Waals surface area contributed by atoms with Crippen LogP contribution < -0.4 is 0 Å². The maximum Gasteiger partial charge on any atom is 0.307 e. The van der Waals surface area contributed by atoms with Gasteiger partial charge in [-0.3, -0.25) is 24.5 Å². The molecule has 36 heavy (non-hydrogen) atoms. The van der Waals surface area contributed by atoms with Gasteiger partial charge in [0.1, 0.15) is 12.4 Å². The highest BCUT2D eigenvalue weighted by Gasteiger charge is 2.59. The second-order valence-corrected chi connectivity index (χ2v) is 12.5. The van der Waals surface area contributed by atoms with Crippen LogP contribution in [0.1, 0.15) is 50.5 Å². The molecule has 5 fully saturated rings. The summed E-state index contributed by atoms with van der Waals surface area (Å²) in [4.78, 5) is 28.8. The van der Waals surface area contributed by atoms with Crippen LogP contribution in [0.3, 0.4) is 0 Å². The fraction of sp³-hybridized carbons (Fsp3) is 0.615. The van der Waals surface area contributed by atoms with Crippen molar-refractivity contribution in [2.75, 3.05) is 26.2 Å². The molecule has 1 aromatic carbocycles. The van der Waals surface area contributed by atoms with Crippen molar-refractivity contribution in [3.63, 3.8) is 0 Å². The molecular weight excluding hydrogens is 501 g/mol. The lowest BCUT2D eigenvalue weighted by molar-refractivity contribution is -0.385. The van der Waals surface area contributed by atoms with E-state index in [-0.39, 0.29) is 27.5 Å². The molecule has 0 N–H and O–H groups in total. The van der Waals surface area contributed by atoms with E-state index in [1.165, 1.54) is 12.6 Å². The highest BCUT2D eigenvalue weighted by atomic mass is 35.5. The molecule has 1 saturated heterocycles. The van der Waals surface area contributed by atoms with Crippen molar-refractivity contribution in [1.29, 1.82) is 0 Å². The van der Waals surface area contributed by atoms with Gasteiger partial charge in [-0.15, -0.1) is 0 Å². The van der Waals surface area contributed by atoms with Gasteiger partial charge >= 0.3 is 5.69 Å². The minimum absolute atomic E-state index is 0.0148.